The molecule has 13 rings (SSSR count). The zero-order valence-corrected chi connectivity index (χ0v) is 52.1. The fourth-order valence-electron chi connectivity index (χ4n) is 15.7. The van der Waals surface area contributed by atoms with Crippen molar-refractivity contribution in [2.75, 3.05) is 16.4 Å². The van der Waals surface area contributed by atoms with E-state index in [0.717, 1.165) is 87.0 Å². The lowest BCUT2D eigenvalue weighted by atomic mass is 9.69. The summed E-state index contributed by atoms with van der Waals surface area (Å²) >= 11 is 0. The highest BCUT2D eigenvalue weighted by Crippen LogP contribution is 2.58. The van der Waals surface area contributed by atoms with Crippen LogP contribution in [-0.2, 0) is 5.41 Å². The minimum absolute atomic E-state index is 0.256. The number of ether oxygens (including phenoxy) is 1. The third kappa shape index (κ3) is 11.6. The van der Waals surface area contributed by atoms with E-state index < -0.39 is 0 Å². The van der Waals surface area contributed by atoms with Crippen LogP contribution in [0.4, 0.5) is 17.1 Å². The van der Waals surface area contributed by atoms with Crippen molar-refractivity contribution in [1.29, 1.82) is 0 Å². The molecule has 6 aromatic carbocycles. The molecule has 0 saturated carbocycles. The van der Waals surface area contributed by atoms with Crippen LogP contribution in [0, 0.1) is 29.1 Å². The molecule has 7 atom stereocenters. The van der Waals surface area contributed by atoms with Crippen LogP contribution in [0.15, 0.2) is 260 Å². The summed E-state index contributed by atoms with van der Waals surface area (Å²) in [6.07, 6.45) is 45.1. The number of rotatable bonds is 19. The third-order valence-electron chi connectivity index (χ3n) is 20.9. The number of hydrogen-bond donors (Lipinski definition) is 0. The minimum Gasteiger partial charge on any atom is -0.493 e. The van der Waals surface area contributed by atoms with Crippen molar-refractivity contribution in [3.8, 4) is 16.9 Å². The van der Waals surface area contributed by atoms with E-state index in [0.29, 0.717) is 35.7 Å². The van der Waals surface area contributed by atoms with Crippen LogP contribution >= 0.6 is 0 Å². The van der Waals surface area contributed by atoms with Crippen molar-refractivity contribution in [3.05, 3.63) is 299 Å². The van der Waals surface area contributed by atoms with Crippen molar-refractivity contribution < 1.29 is 4.74 Å². The van der Waals surface area contributed by atoms with Crippen LogP contribution in [0.3, 0.4) is 0 Å². The van der Waals surface area contributed by atoms with Crippen molar-refractivity contribution in [2.45, 2.75) is 128 Å². The smallest absolute Gasteiger partial charge is 0.119 e. The Morgan fingerprint density at radius 2 is 1.38 bits per heavy atom. The third-order valence-corrected chi connectivity index (χ3v) is 20.9. The average Bonchev–Trinajstić information content (AvgIpc) is 1.59. The lowest BCUT2D eigenvalue weighted by Gasteiger charge is -2.36. The van der Waals surface area contributed by atoms with Gasteiger partial charge in [-0.1, -0.05) is 235 Å². The van der Waals surface area contributed by atoms with Gasteiger partial charge in [0.25, 0.3) is 0 Å². The maximum atomic E-state index is 6.31. The van der Waals surface area contributed by atoms with Gasteiger partial charge in [-0.3, -0.25) is 0 Å². The standard InChI is InChI=1S/C84H88N2O/c1-8-59-23-29-64(30-24-59)66-37-51-81-77(54-66)78-55-67(38-52-82(78)86(81)72-41-25-60(9-2)26-42-72)65-35-45-71(46-36-65)85(70-43-33-63(34-44-70)62-31-39-68(40-32-62)83(5,6)7)73-47-50-76-75-21-14-15-22-79(75)84(80(76)56-73,69-19-12-11-13-20-69)53-17-16-18-58(4)57-87-74-48-27-61(10-3)28-49-74/h8-15,19-23,25-29,31,33,35,38,41-52,55-56,58,63,65-66,68,77H,1-3,16-18,24,30,32,34,36-37,39-40,53-54,57H2,4-7H3. The minimum atomic E-state index is -0.311. The van der Waals surface area contributed by atoms with Crippen LogP contribution in [0.2, 0.25) is 0 Å². The molecule has 0 radical (unpaired) electrons. The molecule has 87 heavy (non-hydrogen) atoms. The first-order valence-corrected chi connectivity index (χ1v) is 32.8. The van der Waals surface area contributed by atoms with E-state index >= 15 is 0 Å². The Balaban J connectivity index is 0.823. The number of benzene rings is 6. The summed E-state index contributed by atoms with van der Waals surface area (Å²) in [5.41, 5.74) is 24.3. The lowest BCUT2D eigenvalue weighted by molar-refractivity contribution is 0.218. The molecule has 7 unspecified atom stereocenters. The summed E-state index contributed by atoms with van der Waals surface area (Å²) in [5.74, 6) is 3.65. The normalized spacial score (nSPS) is 23.1. The summed E-state index contributed by atoms with van der Waals surface area (Å²) in [5, 5.41) is 0. The lowest BCUT2D eigenvalue weighted by Crippen LogP contribution is -2.28. The molecule has 1 aliphatic heterocycles. The molecule has 0 amide bonds. The van der Waals surface area contributed by atoms with E-state index in [-0.39, 0.29) is 11.3 Å². The molecule has 6 aliphatic carbocycles. The van der Waals surface area contributed by atoms with Gasteiger partial charge in [0.05, 0.1) is 6.61 Å². The van der Waals surface area contributed by atoms with Gasteiger partial charge in [-0.2, -0.15) is 0 Å². The number of anilines is 3. The van der Waals surface area contributed by atoms with E-state index in [1.165, 1.54) is 97.9 Å². The molecule has 1 heterocycles. The van der Waals surface area contributed by atoms with E-state index in [2.05, 4.69) is 258 Å². The number of nitrogens with zero attached hydrogens (tertiary/aromatic N) is 2. The molecule has 0 saturated heterocycles. The SMILES string of the molecule is C=CC1=CC=C(C2CC=C3C(C2)c2cc(C4C=CC(N(C5=CCC(C6=CCC(C(C)(C)C)CC6)C=C5)c5ccc6c(c5)C(CCCCC(C)COc5ccc(C=C)cc5)(c5ccccc5)c5ccccc5-6)=CC4)ccc2N3c2ccc(C=C)cc2)CC1. The Morgan fingerprint density at radius 1 is 0.655 bits per heavy atom. The number of allylic oxidation sites excluding steroid dienone is 15. The molecule has 0 aromatic heterocycles. The molecule has 0 N–H and O–H groups in total. The van der Waals surface area contributed by atoms with Gasteiger partial charge in [0.2, 0.25) is 0 Å². The van der Waals surface area contributed by atoms with Gasteiger partial charge >= 0.3 is 0 Å². The van der Waals surface area contributed by atoms with Crippen LogP contribution in [0.25, 0.3) is 23.3 Å². The van der Waals surface area contributed by atoms with Gasteiger partial charge in [0, 0.05) is 57.3 Å². The van der Waals surface area contributed by atoms with Crippen molar-refractivity contribution in [3.63, 3.8) is 0 Å². The summed E-state index contributed by atoms with van der Waals surface area (Å²) in [6.45, 7) is 22.3. The second kappa shape index (κ2) is 24.9. The monoisotopic (exact) mass is 1140 g/mol. The van der Waals surface area contributed by atoms with Crippen LogP contribution < -0.4 is 14.5 Å². The highest BCUT2D eigenvalue weighted by atomic mass is 16.5. The summed E-state index contributed by atoms with van der Waals surface area (Å²) < 4.78 is 6.31. The van der Waals surface area contributed by atoms with Crippen molar-refractivity contribution in [2.24, 2.45) is 29.1 Å². The molecule has 6 aromatic rings. The molecule has 0 spiro atoms. The zero-order chi connectivity index (χ0) is 59.7. The molecule has 7 aliphatic rings. The fraction of sp³-hybridized carbons (Fsp3) is 0.310. The predicted octanol–water partition coefficient (Wildman–Crippen LogP) is 22.6. The topological polar surface area (TPSA) is 15.7 Å². The van der Waals surface area contributed by atoms with E-state index in [1.54, 1.807) is 11.1 Å². The Morgan fingerprint density at radius 3 is 2.06 bits per heavy atom. The fourth-order valence-corrected chi connectivity index (χ4v) is 15.7. The Labute approximate surface area is 520 Å². The first-order chi connectivity index (χ1) is 42.5. The predicted molar refractivity (Wildman–Crippen MR) is 369 cm³/mol. The Kier molecular flexibility index (Phi) is 16.6. The highest BCUT2D eigenvalue weighted by molar-refractivity contribution is 5.86. The Hall–Kier alpha value is -8.14. The summed E-state index contributed by atoms with van der Waals surface area (Å²) in [6, 6.07) is 52.8. The first kappa shape index (κ1) is 57.9. The van der Waals surface area contributed by atoms with Gasteiger partial charge < -0.3 is 14.5 Å². The number of fused-ring (bicyclic) bond motifs is 6. The zero-order valence-electron chi connectivity index (χ0n) is 52.1. The van der Waals surface area contributed by atoms with E-state index in [4.69, 9.17) is 4.74 Å². The second-order valence-corrected chi connectivity index (χ2v) is 27.1. The van der Waals surface area contributed by atoms with Gasteiger partial charge in [-0.25, -0.2) is 0 Å². The first-order valence-electron chi connectivity index (χ1n) is 32.8. The second-order valence-electron chi connectivity index (χ2n) is 27.1. The molecule has 440 valence electrons. The Bertz CT molecular complexity index is 3830. The molecule has 3 nitrogen and oxygen atoms in total. The average molecular weight is 1140 g/mol. The summed E-state index contributed by atoms with van der Waals surface area (Å²) in [4.78, 5) is 5.15. The number of unbranched alkanes of at least 4 members (excludes halogenated alkanes) is 1. The van der Waals surface area contributed by atoms with Crippen LogP contribution in [0.5, 0.6) is 5.75 Å². The van der Waals surface area contributed by atoms with Gasteiger partial charge in [-0.15, -0.1) is 0 Å². The van der Waals surface area contributed by atoms with E-state index in [1.807, 2.05) is 18.2 Å². The maximum absolute atomic E-state index is 6.31. The highest BCUT2D eigenvalue weighted by Gasteiger charge is 2.45. The van der Waals surface area contributed by atoms with Gasteiger partial charge in [0.15, 0.2) is 0 Å². The van der Waals surface area contributed by atoms with Gasteiger partial charge in [-0.05, 0) is 204 Å². The largest absolute Gasteiger partial charge is 0.493 e. The van der Waals surface area contributed by atoms with Crippen LogP contribution in [-0.4, -0.2) is 6.61 Å². The molecular weight excluding hydrogens is 1050 g/mol. The quantitative estimate of drug-likeness (QED) is 0.0594. The van der Waals surface area contributed by atoms with Crippen molar-refractivity contribution in [1.82, 2.24) is 0 Å². The molecule has 0 bridgehead atoms. The number of hydrogen-bond acceptors (Lipinski definition) is 3. The van der Waals surface area contributed by atoms with Crippen LogP contribution in [0.1, 0.15) is 162 Å². The van der Waals surface area contributed by atoms with Gasteiger partial charge in [0.1, 0.15) is 5.75 Å². The molecule has 3 heteroatoms. The van der Waals surface area contributed by atoms with Crippen molar-refractivity contribution >= 4 is 29.2 Å². The molecule has 0 fully saturated rings. The van der Waals surface area contributed by atoms with E-state index in [9.17, 15) is 0 Å². The maximum Gasteiger partial charge on any atom is 0.119 e. The summed E-state index contributed by atoms with van der Waals surface area (Å²) in [7, 11) is 0. The molecular formula is C84H88N2O.